The number of amides is 1. The minimum absolute atomic E-state index is 0.0404. The van der Waals surface area contributed by atoms with Gasteiger partial charge in [0.1, 0.15) is 0 Å². The highest BCUT2D eigenvalue weighted by Crippen LogP contribution is 2.66. The smallest absolute Gasteiger partial charge is 0.295 e. The maximum absolute atomic E-state index is 10.9. The molecule has 0 aromatic rings. The molecule has 1 amide bonds. The highest BCUT2D eigenvalue weighted by Gasteiger charge is 2.60. The van der Waals surface area contributed by atoms with E-state index in [0.29, 0.717) is 0 Å². The molecule has 4 aliphatic rings. The van der Waals surface area contributed by atoms with Crippen LogP contribution in [0.1, 0.15) is 58.3 Å². The van der Waals surface area contributed by atoms with E-state index in [1.54, 1.807) is 0 Å². The van der Waals surface area contributed by atoms with Crippen molar-refractivity contribution in [3.05, 3.63) is 12.2 Å². The van der Waals surface area contributed by atoms with Gasteiger partial charge < -0.3 is 10.4 Å². The topological polar surface area (TPSA) is 49.3 Å². The van der Waals surface area contributed by atoms with Gasteiger partial charge in [-0.1, -0.05) is 31.9 Å². The van der Waals surface area contributed by atoms with Gasteiger partial charge >= 0.3 is 0 Å². The molecule has 1 spiro atoms. The quantitative estimate of drug-likeness (QED) is 0.522. The van der Waals surface area contributed by atoms with E-state index < -0.39 is 0 Å². The van der Waals surface area contributed by atoms with Crippen molar-refractivity contribution in [2.45, 2.75) is 64.4 Å². The van der Waals surface area contributed by atoms with Gasteiger partial charge in [-0.15, -0.1) is 6.42 Å². The van der Waals surface area contributed by atoms with Crippen LogP contribution >= 0.6 is 0 Å². The number of rotatable bonds is 0. The summed E-state index contributed by atoms with van der Waals surface area (Å²) < 4.78 is 0. The summed E-state index contributed by atoms with van der Waals surface area (Å²) >= 11 is 0. The molecular formula is C22H33NO2. The van der Waals surface area contributed by atoms with Gasteiger partial charge in [0, 0.05) is 12.5 Å². The Hall–Kier alpha value is -1.27. The Morgan fingerprint density at radius 3 is 2.72 bits per heavy atom. The molecule has 4 fully saturated rings. The van der Waals surface area contributed by atoms with E-state index in [2.05, 4.69) is 25.2 Å². The average Bonchev–Trinajstić information content (AvgIpc) is 2.87. The molecule has 138 valence electrons. The summed E-state index contributed by atoms with van der Waals surface area (Å²) in [4.78, 5) is 9.83. The second-order valence-corrected chi connectivity index (χ2v) is 8.86. The molecular weight excluding hydrogens is 310 g/mol. The lowest BCUT2D eigenvalue weighted by atomic mass is 9.49. The van der Waals surface area contributed by atoms with Crippen LogP contribution in [0.15, 0.2) is 12.2 Å². The van der Waals surface area contributed by atoms with Crippen molar-refractivity contribution in [2.75, 3.05) is 7.05 Å². The molecule has 4 aliphatic carbocycles. The van der Waals surface area contributed by atoms with Crippen molar-refractivity contribution >= 4 is 5.91 Å². The molecule has 0 aromatic heterocycles. The summed E-state index contributed by atoms with van der Waals surface area (Å²) in [6.45, 7) is 6.76. The molecule has 2 bridgehead atoms. The van der Waals surface area contributed by atoms with Gasteiger partial charge in [0.25, 0.3) is 5.91 Å². The van der Waals surface area contributed by atoms with Crippen LogP contribution < -0.4 is 5.32 Å². The number of carbonyl (C=O) groups is 1. The number of terminal acetylenes is 1. The summed E-state index contributed by atoms with van der Waals surface area (Å²) in [7, 11) is 1.49. The van der Waals surface area contributed by atoms with Crippen molar-refractivity contribution in [1.29, 1.82) is 0 Å². The number of fused-ring (bicyclic) bond motifs is 3. The van der Waals surface area contributed by atoms with Crippen molar-refractivity contribution in [1.82, 2.24) is 5.32 Å². The first-order chi connectivity index (χ1) is 11.9. The first-order valence-corrected chi connectivity index (χ1v) is 9.97. The molecule has 2 N–H and O–H groups in total. The Morgan fingerprint density at radius 1 is 1.32 bits per heavy atom. The van der Waals surface area contributed by atoms with Gasteiger partial charge in [-0.05, 0) is 74.0 Å². The molecule has 0 saturated heterocycles. The Kier molecular flexibility index (Phi) is 5.30. The number of allylic oxidation sites excluding steroid dienone is 1. The third-order valence-corrected chi connectivity index (χ3v) is 7.84. The second kappa shape index (κ2) is 7.16. The second-order valence-electron chi connectivity index (χ2n) is 8.86. The predicted molar refractivity (Wildman–Crippen MR) is 101 cm³/mol. The third kappa shape index (κ3) is 3.14. The van der Waals surface area contributed by atoms with E-state index in [-0.39, 0.29) is 17.4 Å². The van der Waals surface area contributed by atoms with Crippen molar-refractivity contribution in [2.24, 2.45) is 35.0 Å². The highest BCUT2D eigenvalue weighted by molar-refractivity contribution is 5.92. The van der Waals surface area contributed by atoms with Gasteiger partial charge in [0.15, 0.2) is 0 Å². The number of carbonyl (C=O) groups excluding carboxylic acids is 1. The van der Waals surface area contributed by atoms with Crippen molar-refractivity contribution in [3.63, 3.8) is 0 Å². The normalized spacial score (nSPS) is 44.5. The molecule has 0 aromatic carbocycles. The summed E-state index contributed by atoms with van der Waals surface area (Å²) in [6, 6.07) is 0. The third-order valence-electron chi connectivity index (χ3n) is 7.84. The minimum atomic E-state index is -0.380. The number of aliphatic hydroxyl groups excluding tert-OH is 1. The summed E-state index contributed by atoms with van der Waals surface area (Å²) in [6.07, 6.45) is 15.0. The lowest BCUT2D eigenvalue weighted by Gasteiger charge is -2.57. The predicted octanol–water partition coefficient (Wildman–Crippen LogP) is 3.53. The van der Waals surface area contributed by atoms with Gasteiger partial charge in [0.05, 0.1) is 6.10 Å². The molecule has 0 aliphatic heterocycles. The first-order valence-electron chi connectivity index (χ1n) is 9.97. The molecule has 7 atom stereocenters. The first kappa shape index (κ1) is 18.5. The zero-order valence-corrected chi connectivity index (χ0v) is 15.8. The van der Waals surface area contributed by atoms with Gasteiger partial charge in [-0.2, -0.15) is 0 Å². The van der Waals surface area contributed by atoms with E-state index in [9.17, 15) is 9.90 Å². The Labute approximate surface area is 152 Å². The molecule has 3 nitrogen and oxygen atoms in total. The van der Waals surface area contributed by atoms with E-state index in [1.165, 1.54) is 51.1 Å². The van der Waals surface area contributed by atoms with E-state index >= 15 is 0 Å². The largest absolute Gasteiger partial charge is 0.393 e. The van der Waals surface area contributed by atoms with Crippen molar-refractivity contribution in [3.8, 4) is 12.3 Å². The van der Waals surface area contributed by atoms with Crippen molar-refractivity contribution < 1.29 is 9.90 Å². The fourth-order valence-corrected chi connectivity index (χ4v) is 6.64. The SMILES string of the molecule is C#CC(=O)NC.C=C1C[C@]23C[C@H]1CCC2C1CCCC(C)C1CC3O. The number of aliphatic hydroxyl groups is 1. The van der Waals surface area contributed by atoms with Crippen LogP contribution in [-0.4, -0.2) is 24.2 Å². The van der Waals surface area contributed by atoms with E-state index in [1.807, 2.05) is 5.92 Å². The number of nitrogens with one attached hydrogen (secondary N) is 1. The van der Waals surface area contributed by atoms with Crippen LogP contribution in [-0.2, 0) is 4.79 Å². The van der Waals surface area contributed by atoms with Crippen LogP contribution in [0.25, 0.3) is 0 Å². The van der Waals surface area contributed by atoms with Gasteiger partial charge in [-0.25, -0.2) is 0 Å². The fourth-order valence-electron chi connectivity index (χ4n) is 6.64. The standard InChI is InChI=1S/C18H28O.C4H5NO/c1-11-4-3-5-14-15(11)8-17(19)18-9-12(2)13(10-18)6-7-16(14)18;1-3-4(6)5-2/h11,13-17,19H,2-10H2,1H3;1H,2H3,(H,5,6)/t11?,13-,14?,15?,16?,17?,18+;/m1./s1. The highest BCUT2D eigenvalue weighted by atomic mass is 16.3. The van der Waals surface area contributed by atoms with Gasteiger partial charge in [0.2, 0.25) is 0 Å². The Bertz CT molecular complexity index is 577. The van der Waals surface area contributed by atoms with E-state index in [0.717, 1.165) is 42.4 Å². The van der Waals surface area contributed by atoms with Crippen LogP contribution in [0.3, 0.4) is 0 Å². The minimum Gasteiger partial charge on any atom is -0.393 e. The molecule has 25 heavy (non-hydrogen) atoms. The molecule has 3 heteroatoms. The summed E-state index contributed by atoms with van der Waals surface area (Å²) in [5.74, 6) is 5.60. The average molecular weight is 344 g/mol. The van der Waals surface area contributed by atoms with Crippen LogP contribution in [0, 0.1) is 47.3 Å². The maximum atomic E-state index is 10.9. The number of hydrogen-bond acceptors (Lipinski definition) is 2. The maximum Gasteiger partial charge on any atom is 0.295 e. The molecule has 0 radical (unpaired) electrons. The number of hydrogen-bond donors (Lipinski definition) is 2. The summed E-state index contributed by atoms with van der Waals surface area (Å²) in [5, 5.41) is 13.2. The summed E-state index contributed by atoms with van der Waals surface area (Å²) in [5.41, 5.74) is 1.71. The zero-order chi connectivity index (χ0) is 18.2. The molecule has 4 saturated carbocycles. The molecule has 4 rings (SSSR count). The van der Waals surface area contributed by atoms with Gasteiger partial charge in [-0.3, -0.25) is 4.79 Å². The Balaban J connectivity index is 0.000000265. The monoisotopic (exact) mass is 343 g/mol. The van der Waals surface area contributed by atoms with E-state index in [4.69, 9.17) is 0 Å². The Morgan fingerprint density at radius 2 is 2.08 bits per heavy atom. The van der Waals surface area contributed by atoms with Crippen LogP contribution in [0.4, 0.5) is 0 Å². The molecule has 5 unspecified atom stereocenters. The lowest BCUT2D eigenvalue weighted by Crippen LogP contribution is -2.54. The van der Waals surface area contributed by atoms with Crippen LogP contribution in [0.5, 0.6) is 0 Å². The zero-order valence-electron chi connectivity index (χ0n) is 15.8. The molecule has 0 heterocycles. The van der Waals surface area contributed by atoms with Crippen LogP contribution in [0.2, 0.25) is 0 Å². The fraction of sp³-hybridized carbons (Fsp3) is 0.773. The lowest BCUT2D eigenvalue weighted by molar-refractivity contribution is -0.137.